The maximum absolute atomic E-state index is 11.1. The van der Waals surface area contributed by atoms with Crippen molar-refractivity contribution in [3.8, 4) is 5.75 Å². The number of methoxy groups -OCH3 is 1. The number of carbonyl (C=O) groups is 1. The second-order valence-electron chi connectivity index (χ2n) is 4.55. The molecule has 0 saturated heterocycles. The van der Waals surface area contributed by atoms with Gasteiger partial charge in [-0.05, 0) is 24.6 Å². The van der Waals surface area contributed by atoms with Crippen molar-refractivity contribution >= 4 is 21.8 Å². The molecule has 0 radical (unpaired) electrons. The van der Waals surface area contributed by atoms with Crippen molar-refractivity contribution < 1.29 is 14.3 Å². The average Bonchev–Trinajstić information content (AvgIpc) is 2.49. The summed E-state index contributed by atoms with van der Waals surface area (Å²) in [5, 5.41) is 5.90. The first-order valence-electron chi connectivity index (χ1n) is 6.99. The summed E-state index contributed by atoms with van der Waals surface area (Å²) in [5.41, 5.74) is 1.08. The summed E-state index contributed by atoms with van der Waals surface area (Å²) in [5.74, 6) is 0.885. The summed E-state index contributed by atoms with van der Waals surface area (Å²) in [6.45, 7) is 2.71. The first-order valence-corrected chi connectivity index (χ1v) is 7.78. The van der Waals surface area contributed by atoms with Gasteiger partial charge in [0.1, 0.15) is 5.75 Å². The van der Waals surface area contributed by atoms with E-state index in [0.29, 0.717) is 32.6 Å². The minimum Gasteiger partial charge on any atom is -0.493 e. The summed E-state index contributed by atoms with van der Waals surface area (Å²) in [6, 6.07) is 5.93. The fourth-order valence-corrected chi connectivity index (χ4v) is 2.17. The molecule has 21 heavy (non-hydrogen) atoms. The van der Waals surface area contributed by atoms with Crippen LogP contribution in [0.4, 0.5) is 0 Å². The van der Waals surface area contributed by atoms with Crippen molar-refractivity contribution in [1.82, 2.24) is 10.6 Å². The van der Waals surface area contributed by atoms with Gasteiger partial charge in [0.2, 0.25) is 5.91 Å². The Bertz CT molecular complexity index is 441. The third-order valence-electron chi connectivity index (χ3n) is 2.91. The maximum atomic E-state index is 11.1. The highest BCUT2D eigenvalue weighted by molar-refractivity contribution is 9.10. The lowest BCUT2D eigenvalue weighted by Crippen LogP contribution is -2.19. The van der Waals surface area contributed by atoms with Crippen LogP contribution in [0.15, 0.2) is 22.7 Å². The van der Waals surface area contributed by atoms with Crippen LogP contribution in [0, 0.1) is 0 Å². The molecule has 0 aromatic heterocycles. The van der Waals surface area contributed by atoms with Crippen LogP contribution in [-0.4, -0.2) is 39.8 Å². The largest absolute Gasteiger partial charge is 0.493 e. The highest BCUT2D eigenvalue weighted by Gasteiger charge is 2.05. The molecule has 5 nitrogen and oxygen atoms in total. The average molecular weight is 359 g/mol. The van der Waals surface area contributed by atoms with Crippen LogP contribution in [0.1, 0.15) is 18.4 Å². The molecule has 0 bridgehead atoms. The van der Waals surface area contributed by atoms with Crippen LogP contribution in [0.25, 0.3) is 0 Å². The molecule has 0 aliphatic rings. The van der Waals surface area contributed by atoms with E-state index in [1.165, 1.54) is 0 Å². The molecule has 1 amide bonds. The van der Waals surface area contributed by atoms with Gasteiger partial charge in [-0.1, -0.05) is 15.9 Å². The van der Waals surface area contributed by atoms with Gasteiger partial charge in [-0.25, -0.2) is 0 Å². The van der Waals surface area contributed by atoms with Crippen LogP contribution in [0.5, 0.6) is 5.75 Å². The zero-order chi connectivity index (χ0) is 15.5. The van der Waals surface area contributed by atoms with E-state index in [1.54, 1.807) is 14.2 Å². The Morgan fingerprint density at radius 1 is 1.33 bits per heavy atom. The van der Waals surface area contributed by atoms with E-state index in [0.717, 1.165) is 22.3 Å². The standard InChI is InChI=1S/C15H23BrN2O3/c1-17-15(19)4-3-8-21-14-6-5-13(16)10-12(14)11-18-7-9-20-2/h5-6,10,18H,3-4,7-9,11H2,1-2H3,(H,17,19). The molecule has 1 aromatic carbocycles. The molecule has 118 valence electrons. The van der Waals surface area contributed by atoms with Gasteiger partial charge < -0.3 is 20.1 Å². The zero-order valence-corrected chi connectivity index (χ0v) is 14.2. The molecule has 0 aliphatic heterocycles. The highest BCUT2D eigenvalue weighted by Crippen LogP contribution is 2.23. The zero-order valence-electron chi connectivity index (χ0n) is 12.6. The van der Waals surface area contributed by atoms with E-state index in [-0.39, 0.29) is 5.91 Å². The summed E-state index contributed by atoms with van der Waals surface area (Å²) in [4.78, 5) is 11.1. The molecule has 0 unspecified atom stereocenters. The second-order valence-corrected chi connectivity index (χ2v) is 5.46. The number of ether oxygens (including phenoxy) is 2. The minimum atomic E-state index is 0.0378. The summed E-state index contributed by atoms with van der Waals surface area (Å²) in [7, 11) is 3.32. The Kier molecular flexibility index (Phi) is 9.05. The van der Waals surface area contributed by atoms with Crippen LogP contribution < -0.4 is 15.4 Å². The lowest BCUT2D eigenvalue weighted by Gasteiger charge is -2.12. The Labute approximate surface area is 134 Å². The van der Waals surface area contributed by atoms with Crippen molar-refractivity contribution in [2.24, 2.45) is 0 Å². The molecular formula is C15H23BrN2O3. The molecule has 0 saturated carbocycles. The third-order valence-corrected chi connectivity index (χ3v) is 3.40. The monoisotopic (exact) mass is 358 g/mol. The molecule has 0 heterocycles. The van der Waals surface area contributed by atoms with E-state index in [4.69, 9.17) is 9.47 Å². The number of rotatable bonds is 10. The SMILES string of the molecule is CNC(=O)CCCOc1ccc(Br)cc1CNCCOC. The van der Waals surface area contributed by atoms with E-state index in [2.05, 4.69) is 26.6 Å². The lowest BCUT2D eigenvalue weighted by atomic mass is 10.2. The van der Waals surface area contributed by atoms with Crippen LogP contribution in [0.3, 0.4) is 0 Å². The topological polar surface area (TPSA) is 59.6 Å². The Morgan fingerprint density at radius 3 is 2.86 bits per heavy atom. The van der Waals surface area contributed by atoms with Gasteiger partial charge in [-0.2, -0.15) is 0 Å². The summed E-state index contributed by atoms with van der Waals surface area (Å²) < 4.78 is 11.8. The van der Waals surface area contributed by atoms with Crippen molar-refractivity contribution in [2.75, 3.05) is 33.9 Å². The van der Waals surface area contributed by atoms with Gasteiger partial charge >= 0.3 is 0 Å². The molecular weight excluding hydrogens is 336 g/mol. The van der Waals surface area contributed by atoms with Gasteiger partial charge in [0.05, 0.1) is 13.2 Å². The van der Waals surface area contributed by atoms with Crippen molar-refractivity contribution in [3.63, 3.8) is 0 Å². The lowest BCUT2D eigenvalue weighted by molar-refractivity contribution is -0.120. The number of carbonyl (C=O) groups excluding carboxylic acids is 1. The van der Waals surface area contributed by atoms with Gasteiger partial charge in [-0.3, -0.25) is 4.79 Å². The number of nitrogens with one attached hydrogen (secondary N) is 2. The summed E-state index contributed by atoms with van der Waals surface area (Å²) >= 11 is 3.47. The second kappa shape index (κ2) is 10.6. The fraction of sp³-hybridized carbons (Fsp3) is 0.533. The Morgan fingerprint density at radius 2 is 2.14 bits per heavy atom. The van der Waals surface area contributed by atoms with Crippen LogP contribution in [-0.2, 0) is 16.1 Å². The third kappa shape index (κ3) is 7.45. The molecule has 0 atom stereocenters. The smallest absolute Gasteiger partial charge is 0.219 e. The molecule has 6 heteroatoms. The van der Waals surface area contributed by atoms with Crippen LogP contribution in [0.2, 0.25) is 0 Å². The predicted molar refractivity (Wildman–Crippen MR) is 86.5 cm³/mol. The minimum absolute atomic E-state index is 0.0378. The van der Waals surface area contributed by atoms with Crippen molar-refractivity contribution in [3.05, 3.63) is 28.2 Å². The molecule has 0 aliphatic carbocycles. The molecule has 2 N–H and O–H groups in total. The maximum Gasteiger partial charge on any atom is 0.219 e. The number of hydrogen-bond acceptors (Lipinski definition) is 4. The number of amides is 1. The van der Waals surface area contributed by atoms with Gasteiger partial charge in [0.25, 0.3) is 0 Å². The van der Waals surface area contributed by atoms with Crippen molar-refractivity contribution in [1.29, 1.82) is 0 Å². The van der Waals surface area contributed by atoms with E-state index >= 15 is 0 Å². The van der Waals surface area contributed by atoms with Gasteiger partial charge in [-0.15, -0.1) is 0 Å². The summed E-state index contributed by atoms with van der Waals surface area (Å²) in [6.07, 6.45) is 1.18. The Balaban J connectivity index is 2.46. The van der Waals surface area contributed by atoms with E-state index in [9.17, 15) is 4.79 Å². The molecule has 1 aromatic rings. The normalized spacial score (nSPS) is 10.4. The number of halogens is 1. The number of benzene rings is 1. The van der Waals surface area contributed by atoms with Gasteiger partial charge in [0, 0.05) is 43.7 Å². The quantitative estimate of drug-likeness (QED) is 0.628. The predicted octanol–water partition coefficient (Wildman–Crippen LogP) is 2.09. The fourth-order valence-electron chi connectivity index (χ4n) is 1.76. The number of hydrogen-bond donors (Lipinski definition) is 2. The molecule has 1 rings (SSSR count). The van der Waals surface area contributed by atoms with Crippen LogP contribution >= 0.6 is 15.9 Å². The first kappa shape index (κ1) is 17.9. The van der Waals surface area contributed by atoms with Crippen molar-refractivity contribution in [2.45, 2.75) is 19.4 Å². The molecule has 0 fully saturated rings. The highest BCUT2D eigenvalue weighted by atomic mass is 79.9. The molecule has 0 spiro atoms. The van der Waals surface area contributed by atoms with Gasteiger partial charge in [0.15, 0.2) is 0 Å². The van der Waals surface area contributed by atoms with E-state index in [1.807, 2.05) is 18.2 Å². The first-order chi connectivity index (χ1) is 10.2. The Hall–Kier alpha value is -1.11. The van der Waals surface area contributed by atoms with E-state index < -0.39 is 0 Å².